The Hall–Kier alpha value is -3.06. The van der Waals surface area contributed by atoms with Crippen molar-refractivity contribution < 1.29 is 19.4 Å². The number of ether oxygens (including phenoxy) is 1. The summed E-state index contributed by atoms with van der Waals surface area (Å²) in [6.45, 7) is 13.1. The van der Waals surface area contributed by atoms with Gasteiger partial charge in [-0.05, 0) is 62.2 Å². The van der Waals surface area contributed by atoms with E-state index in [-0.39, 0.29) is 17.6 Å². The zero-order chi connectivity index (χ0) is 28.3. The number of nitrogens with zero attached hydrogens (tertiary/aromatic N) is 1. The minimum Gasteiger partial charge on any atom is -0.504 e. The smallest absolute Gasteiger partial charge is 0.238 e. The van der Waals surface area contributed by atoms with Crippen LogP contribution in [0.4, 0.5) is 5.69 Å². The Morgan fingerprint density at radius 2 is 1.53 bits per heavy atom. The number of anilines is 1. The number of para-hydroxylation sites is 1. The van der Waals surface area contributed by atoms with E-state index in [1.165, 1.54) is 32.8 Å². The van der Waals surface area contributed by atoms with Crippen molar-refractivity contribution in [2.75, 3.05) is 32.1 Å². The number of carbonyl (C=O) groups is 2. The molecule has 0 unspecified atom stereocenters. The van der Waals surface area contributed by atoms with Crippen LogP contribution in [-0.4, -0.2) is 48.6 Å². The van der Waals surface area contributed by atoms with Crippen molar-refractivity contribution >= 4 is 17.5 Å². The summed E-state index contributed by atoms with van der Waals surface area (Å²) in [6.07, 6.45) is 7.68. The number of methoxy groups -OCH3 is 1. The van der Waals surface area contributed by atoms with E-state index >= 15 is 0 Å². The number of aryl methyl sites for hydroxylation is 2. The molecule has 0 atom stereocenters. The molecule has 0 aliphatic heterocycles. The third kappa shape index (κ3) is 13.0. The Morgan fingerprint density at radius 1 is 0.895 bits per heavy atom. The second-order valence-electron chi connectivity index (χ2n) is 9.58. The van der Waals surface area contributed by atoms with Gasteiger partial charge in [-0.2, -0.15) is 0 Å². The number of benzene rings is 2. The van der Waals surface area contributed by atoms with Gasteiger partial charge < -0.3 is 20.5 Å². The molecule has 0 bridgehead atoms. The maximum Gasteiger partial charge on any atom is 0.238 e. The monoisotopic (exact) mass is 527 g/mol. The van der Waals surface area contributed by atoms with Crippen LogP contribution < -0.4 is 15.4 Å². The summed E-state index contributed by atoms with van der Waals surface area (Å²) in [7, 11) is 1.51. The zero-order valence-corrected chi connectivity index (χ0v) is 24.4. The predicted molar refractivity (Wildman–Crippen MR) is 157 cm³/mol. The zero-order valence-electron chi connectivity index (χ0n) is 24.4. The van der Waals surface area contributed by atoms with E-state index in [2.05, 4.69) is 36.3 Å². The average Bonchev–Trinajstić information content (AvgIpc) is 2.91. The quantitative estimate of drug-likeness (QED) is 0.235. The van der Waals surface area contributed by atoms with Crippen LogP contribution in [0.15, 0.2) is 36.4 Å². The van der Waals surface area contributed by atoms with E-state index in [9.17, 15) is 14.7 Å². The second kappa shape index (κ2) is 19.1. The van der Waals surface area contributed by atoms with Crippen molar-refractivity contribution in [3.8, 4) is 11.5 Å². The van der Waals surface area contributed by atoms with Crippen LogP contribution in [0.2, 0.25) is 0 Å². The van der Waals surface area contributed by atoms with Crippen LogP contribution in [0.3, 0.4) is 0 Å². The lowest BCUT2D eigenvalue weighted by molar-refractivity contribution is -0.121. The fourth-order valence-electron chi connectivity index (χ4n) is 4.03. The number of aromatic hydroxyl groups is 1. The summed E-state index contributed by atoms with van der Waals surface area (Å²) >= 11 is 0. The number of rotatable bonds is 15. The third-order valence-corrected chi connectivity index (χ3v) is 6.50. The van der Waals surface area contributed by atoms with Gasteiger partial charge in [0.15, 0.2) is 11.5 Å². The maximum absolute atomic E-state index is 11.9. The van der Waals surface area contributed by atoms with Gasteiger partial charge in [0.1, 0.15) is 0 Å². The minimum absolute atomic E-state index is 0.0612. The predicted octanol–water partition coefficient (Wildman–Crippen LogP) is 6.35. The van der Waals surface area contributed by atoms with Gasteiger partial charge >= 0.3 is 0 Å². The molecule has 2 rings (SSSR count). The number of hydrogen-bond donors (Lipinski definition) is 3. The molecular weight excluding hydrogens is 478 g/mol. The van der Waals surface area contributed by atoms with E-state index in [1.807, 2.05) is 32.0 Å². The summed E-state index contributed by atoms with van der Waals surface area (Å²) in [6, 6.07) is 11.1. The minimum atomic E-state index is 0.0612. The molecule has 0 fully saturated rings. The standard InChI is InChI=1S/C17H27NO3.C14H22N2O/c1-3-4-5-6-7-8-9-17(20)18-13-14-10-11-15(19)16(12-14)21-2;1-5-16(6-2)10-13(17)15-14-11(3)8-7-9-12(14)4/h10-12,19H,3-9,13H2,1-2H3,(H,18,20);7-9H,5-6,10H2,1-4H3,(H,15,17). The number of likely N-dealkylation sites (N-methyl/N-ethyl adjacent to an activating group) is 1. The van der Waals surface area contributed by atoms with Crippen molar-refractivity contribution in [3.63, 3.8) is 0 Å². The van der Waals surface area contributed by atoms with Crippen molar-refractivity contribution in [1.82, 2.24) is 10.2 Å². The molecule has 0 saturated carbocycles. The maximum atomic E-state index is 11.9. The molecule has 0 aromatic heterocycles. The lowest BCUT2D eigenvalue weighted by Crippen LogP contribution is -2.33. The average molecular weight is 528 g/mol. The first-order chi connectivity index (χ1) is 18.2. The van der Waals surface area contributed by atoms with Crippen LogP contribution in [0.1, 0.15) is 82.4 Å². The number of carbonyl (C=O) groups excluding carboxylic acids is 2. The molecule has 2 aromatic rings. The van der Waals surface area contributed by atoms with Crippen molar-refractivity contribution in [1.29, 1.82) is 0 Å². The molecule has 2 aromatic carbocycles. The van der Waals surface area contributed by atoms with Gasteiger partial charge in [0.25, 0.3) is 0 Å². The number of unbranched alkanes of at least 4 members (excludes halogenated alkanes) is 5. The first-order valence-electron chi connectivity index (χ1n) is 14.0. The van der Waals surface area contributed by atoms with Gasteiger partial charge in [-0.1, -0.05) is 77.1 Å². The van der Waals surface area contributed by atoms with Crippen molar-refractivity contribution in [2.45, 2.75) is 86.1 Å². The highest BCUT2D eigenvalue weighted by molar-refractivity contribution is 5.93. The second-order valence-corrected chi connectivity index (χ2v) is 9.58. The van der Waals surface area contributed by atoms with Crippen LogP contribution in [-0.2, 0) is 16.1 Å². The summed E-state index contributed by atoms with van der Waals surface area (Å²) in [5.74, 6) is 0.681. The normalized spacial score (nSPS) is 10.5. The molecular formula is C31H49N3O4. The summed E-state index contributed by atoms with van der Waals surface area (Å²) in [5.41, 5.74) is 4.08. The molecule has 38 heavy (non-hydrogen) atoms. The Kier molecular flexibility index (Phi) is 16.5. The molecule has 2 amide bonds. The molecule has 0 spiro atoms. The van der Waals surface area contributed by atoms with E-state index < -0.39 is 0 Å². The Morgan fingerprint density at radius 3 is 2.13 bits per heavy atom. The summed E-state index contributed by atoms with van der Waals surface area (Å²) < 4.78 is 5.04. The van der Waals surface area contributed by atoms with Crippen LogP contribution in [0.25, 0.3) is 0 Å². The Balaban J connectivity index is 0.000000389. The van der Waals surface area contributed by atoms with Crippen LogP contribution in [0.5, 0.6) is 11.5 Å². The van der Waals surface area contributed by atoms with E-state index in [1.54, 1.807) is 18.2 Å². The van der Waals surface area contributed by atoms with Gasteiger partial charge in [-0.15, -0.1) is 0 Å². The first-order valence-corrected chi connectivity index (χ1v) is 14.0. The topological polar surface area (TPSA) is 90.9 Å². The first kappa shape index (κ1) is 33.0. The molecule has 0 aliphatic carbocycles. The SMILES string of the molecule is CCCCCCCCC(=O)NCc1ccc(O)c(OC)c1.CCN(CC)CC(=O)Nc1c(C)cccc1C. The highest BCUT2D eigenvalue weighted by Crippen LogP contribution is 2.26. The lowest BCUT2D eigenvalue weighted by atomic mass is 10.1. The fraction of sp³-hybridized carbons (Fsp3) is 0.548. The molecule has 0 saturated heterocycles. The van der Waals surface area contributed by atoms with Gasteiger partial charge in [0.2, 0.25) is 11.8 Å². The number of amides is 2. The lowest BCUT2D eigenvalue weighted by Gasteiger charge is -2.18. The summed E-state index contributed by atoms with van der Waals surface area (Å²) in [4.78, 5) is 25.7. The highest BCUT2D eigenvalue weighted by Gasteiger charge is 2.10. The number of phenols is 1. The Bertz CT molecular complexity index is 953. The number of hydrogen-bond acceptors (Lipinski definition) is 5. The van der Waals surface area contributed by atoms with Gasteiger partial charge in [0.05, 0.1) is 13.7 Å². The van der Waals surface area contributed by atoms with E-state index in [4.69, 9.17) is 4.74 Å². The Labute approximate surface area is 230 Å². The molecule has 0 heterocycles. The number of phenolic OH excluding ortho intramolecular Hbond substituents is 1. The van der Waals surface area contributed by atoms with Crippen LogP contribution in [0, 0.1) is 13.8 Å². The van der Waals surface area contributed by atoms with Gasteiger partial charge in [-0.3, -0.25) is 14.5 Å². The van der Waals surface area contributed by atoms with Crippen LogP contribution >= 0.6 is 0 Å². The van der Waals surface area contributed by atoms with Crippen molar-refractivity contribution in [2.24, 2.45) is 0 Å². The third-order valence-electron chi connectivity index (χ3n) is 6.50. The largest absolute Gasteiger partial charge is 0.504 e. The fourth-order valence-corrected chi connectivity index (χ4v) is 4.03. The molecule has 0 radical (unpaired) electrons. The van der Waals surface area contributed by atoms with E-state index in [0.717, 1.165) is 48.3 Å². The molecule has 7 heteroatoms. The molecule has 212 valence electrons. The van der Waals surface area contributed by atoms with Crippen molar-refractivity contribution in [3.05, 3.63) is 53.1 Å². The molecule has 0 aliphatic rings. The number of nitrogens with one attached hydrogen (secondary N) is 2. The van der Waals surface area contributed by atoms with Gasteiger partial charge in [-0.25, -0.2) is 0 Å². The molecule has 3 N–H and O–H groups in total. The molecule has 7 nitrogen and oxygen atoms in total. The highest BCUT2D eigenvalue weighted by atomic mass is 16.5. The van der Waals surface area contributed by atoms with E-state index in [0.29, 0.717) is 25.3 Å². The summed E-state index contributed by atoms with van der Waals surface area (Å²) in [5, 5.41) is 15.4. The van der Waals surface area contributed by atoms with Gasteiger partial charge in [0, 0.05) is 18.7 Å².